The van der Waals surface area contributed by atoms with E-state index in [0.717, 1.165) is 12.1 Å². The lowest BCUT2D eigenvalue weighted by atomic mass is 10.1. The summed E-state index contributed by atoms with van der Waals surface area (Å²) < 4.78 is 50.5. The molecule has 0 unspecified atom stereocenters. The molecule has 2 aromatic rings. The minimum absolute atomic E-state index is 0.228. The first kappa shape index (κ1) is 15.0. The minimum Gasteiger partial charge on any atom is -0.278 e. The number of benzene rings is 2. The van der Waals surface area contributed by atoms with Crippen LogP contribution in [0.2, 0.25) is 0 Å². The van der Waals surface area contributed by atoms with Gasteiger partial charge in [0, 0.05) is 0 Å². The summed E-state index contributed by atoms with van der Waals surface area (Å²) in [4.78, 5) is 0. The van der Waals surface area contributed by atoms with Crippen LogP contribution in [0.15, 0.2) is 53.6 Å². The van der Waals surface area contributed by atoms with E-state index >= 15 is 0 Å². The van der Waals surface area contributed by atoms with Crippen LogP contribution in [0.5, 0.6) is 0 Å². The van der Waals surface area contributed by atoms with Crippen LogP contribution in [-0.4, -0.2) is 5.71 Å². The summed E-state index contributed by atoms with van der Waals surface area (Å²) in [6.45, 7) is 1.67. The summed E-state index contributed by atoms with van der Waals surface area (Å²) in [6, 6.07) is 10.4. The van der Waals surface area contributed by atoms with Crippen molar-refractivity contribution >= 4 is 11.4 Å². The van der Waals surface area contributed by atoms with Crippen LogP contribution in [0.1, 0.15) is 18.1 Å². The molecule has 0 heterocycles. The van der Waals surface area contributed by atoms with Gasteiger partial charge < -0.3 is 0 Å². The molecule has 0 amide bonds. The number of alkyl halides is 3. The van der Waals surface area contributed by atoms with Gasteiger partial charge in [-0.3, -0.25) is 5.43 Å². The number of hydrazone groups is 1. The predicted octanol–water partition coefficient (Wildman–Crippen LogP) is 4.68. The highest BCUT2D eigenvalue weighted by Crippen LogP contribution is 2.30. The van der Waals surface area contributed by atoms with Crippen LogP contribution in [0.25, 0.3) is 0 Å². The molecule has 0 saturated heterocycles. The van der Waals surface area contributed by atoms with Crippen molar-refractivity contribution < 1.29 is 17.6 Å². The smallest absolute Gasteiger partial charge is 0.278 e. The van der Waals surface area contributed by atoms with Gasteiger partial charge in [0.2, 0.25) is 0 Å². The van der Waals surface area contributed by atoms with Crippen molar-refractivity contribution in [3.05, 3.63) is 65.5 Å². The Kier molecular flexibility index (Phi) is 4.26. The van der Waals surface area contributed by atoms with Crippen molar-refractivity contribution in [2.24, 2.45) is 5.10 Å². The predicted molar refractivity (Wildman–Crippen MR) is 73.7 cm³/mol. The Labute approximate surface area is 119 Å². The van der Waals surface area contributed by atoms with Crippen molar-refractivity contribution in [1.29, 1.82) is 0 Å². The van der Waals surface area contributed by atoms with Crippen LogP contribution in [0.3, 0.4) is 0 Å². The molecule has 0 aliphatic heterocycles. The van der Waals surface area contributed by atoms with Gasteiger partial charge in [0.05, 0.1) is 17.0 Å². The SMILES string of the molecule is C/C(=N\Nc1cccc(C(F)(F)F)c1)c1ccc(F)cc1. The van der Waals surface area contributed by atoms with Gasteiger partial charge in [-0.25, -0.2) is 4.39 Å². The van der Waals surface area contributed by atoms with E-state index in [1.165, 1.54) is 24.3 Å². The highest BCUT2D eigenvalue weighted by molar-refractivity contribution is 5.99. The van der Waals surface area contributed by atoms with Crippen LogP contribution >= 0.6 is 0 Å². The normalized spacial score (nSPS) is 12.3. The Balaban J connectivity index is 2.15. The first-order chi connectivity index (χ1) is 9.86. The molecule has 0 saturated carbocycles. The highest BCUT2D eigenvalue weighted by atomic mass is 19.4. The fourth-order valence-electron chi connectivity index (χ4n) is 1.67. The Hall–Kier alpha value is -2.37. The summed E-state index contributed by atoms with van der Waals surface area (Å²) in [5.41, 5.74) is 3.26. The molecular weight excluding hydrogens is 284 g/mol. The lowest BCUT2D eigenvalue weighted by Gasteiger charge is -2.08. The lowest BCUT2D eigenvalue weighted by Crippen LogP contribution is -2.05. The zero-order valence-corrected chi connectivity index (χ0v) is 11.1. The minimum atomic E-state index is -4.40. The van der Waals surface area contributed by atoms with Gasteiger partial charge >= 0.3 is 6.18 Å². The molecule has 0 fully saturated rings. The number of halogens is 4. The molecule has 2 nitrogen and oxygen atoms in total. The van der Waals surface area contributed by atoms with Crippen LogP contribution in [-0.2, 0) is 6.18 Å². The molecule has 0 radical (unpaired) electrons. The largest absolute Gasteiger partial charge is 0.416 e. The summed E-state index contributed by atoms with van der Waals surface area (Å²) in [6.07, 6.45) is -4.40. The van der Waals surface area contributed by atoms with Crippen molar-refractivity contribution in [2.75, 3.05) is 5.43 Å². The second-order valence-corrected chi connectivity index (χ2v) is 4.39. The van der Waals surface area contributed by atoms with E-state index in [1.54, 1.807) is 19.1 Å². The molecule has 0 atom stereocenters. The standard InChI is InChI=1S/C15H12F4N2/c1-10(11-5-7-13(16)8-6-11)20-21-14-4-2-3-12(9-14)15(17,18)19/h2-9,21H,1H3/b20-10+. The van der Waals surface area contributed by atoms with Gasteiger partial charge in [0.25, 0.3) is 0 Å². The first-order valence-electron chi connectivity index (χ1n) is 6.10. The van der Waals surface area contributed by atoms with Crippen molar-refractivity contribution in [3.8, 4) is 0 Å². The number of hydrogen-bond donors (Lipinski definition) is 1. The molecule has 21 heavy (non-hydrogen) atoms. The van der Waals surface area contributed by atoms with Crippen LogP contribution in [0, 0.1) is 5.82 Å². The third-order valence-electron chi connectivity index (χ3n) is 2.80. The third-order valence-corrected chi connectivity index (χ3v) is 2.80. The number of nitrogens with zero attached hydrogens (tertiary/aromatic N) is 1. The van der Waals surface area contributed by atoms with Gasteiger partial charge in [0.1, 0.15) is 5.82 Å². The van der Waals surface area contributed by atoms with Gasteiger partial charge in [0.15, 0.2) is 0 Å². The second-order valence-electron chi connectivity index (χ2n) is 4.39. The fourth-order valence-corrected chi connectivity index (χ4v) is 1.67. The Bertz CT molecular complexity index is 645. The van der Waals surface area contributed by atoms with Gasteiger partial charge in [-0.1, -0.05) is 18.2 Å². The lowest BCUT2D eigenvalue weighted by molar-refractivity contribution is -0.137. The average molecular weight is 296 g/mol. The second kappa shape index (κ2) is 5.95. The van der Waals surface area contributed by atoms with Crippen LogP contribution < -0.4 is 5.43 Å². The van der Waals surface area contributed by atoms with E-state index in [1.807, 2.05) is 0 Å². The Morgan fingerprint density at radius 1 is 1.05 bits per heavy atom. The van der Waals surface area contributed by atoms with Crippen molar-refractivity contribution in [2.45, 2.75) is 13.1 Å². The molecule has 2 rings (SSSR count). The molecule has 6 heteroatoms. The third kappa shape index (κ3) is 4.05. The first-order valence-corrected chi connectivity index (χ1v) is 6.10. The van der Waals surface area contributed by atoms with Crippen molar-refractivity contribution in [3.63, 3.8) is 0 Å². The number of hydrogen-bond acceptors (Lipinski definition) is 2. The quantitative estimate of drug-likeness (QED) is 0.496. The summed E-state index contributed by atoms with van der Waals surface area (Å²) in [5.74, 6) is -0.364. The Morgan fingerprint density at radius 2 is 1.71 bits per heavy atom. The zero-order valence-electron chi connectivity index (χ0n) is 11.1. The molecule has 2 aromatic carbocycles. The van der Waals surface area contributed by atoms with Gasteiger partial charge in [-0.15, -0.1) is 0 Å². The summed E-state index contributed by atoms with van der Waals surface area (Å²) in [7, 11) is 0. The molecule has 110 valence electrons. The Morgan fingerprint density at radius 3 is 2.33 bits per heavy atom. The topological polar surface area (TPSA) is 24.4 Å². The highest BCUT2D eigenvalue weighted by Gasteiger charge is 2.30. The summed E-state index contributed by atoms with van der Waals surface area (Å²) >= 11 is 0. The fraction of sp³-hybridized carbons (Fsp3) is 0.133. The monoisotopic (exact) mass is 296 g/mol. The van der Waals surface area contributed by atoms with Gasteiger partial charge in [-0.05, 0) is 42.8 Å². The van der Waals surface area contributed by atoms with Crippen LogP contribution in [0.4, 0.5) is 23.2 Å². The molecule has 0 bridgehead atoms. The number of anilines is 1. The van der Waals surface area contributed by atoms with E-state index < -0.39 is 11.7 Å². The molecule has 1 N–H and O–H groups in total. The molecular formula is C15H12F4N2. The van der Waals surface area contributed by atoms with E-state index in [2.05, 4.69) is 10.5 Å². The molecule has 0 aromatic heterocycles. The van der Waals surface area contributed by atoms with Crippen molar-refractivity contribution in [1.82, 2.24) is 0 Å². The summed E-state index contributed by atoms with van der Waals surface area (Å²) in [5, 5.41) is 3.99. The maximum atomic E-state index is 12.8. The maximum Gasteiger partial charge on any atom is 0.416 e. The van der Waals surface area contributed by atoms with E-state index in [0.29, 0.717) is 11.3 Å². The average Bonchev–Trinajstić information content (AvgIpc) is 2.45. The zero-order chi connectivity index (χ0) is 15.5. The molecule has 0 aliphatic carbocycles. The van der Waals surface area contributed by atoms with E-state index in [9.17, 15) is 17.6 Å². The number of nitrogens with one attached hydrogen (secondary N) is 1. The molecule has 0 aliphatic rings. The number of rotatable bonds is 3. The molecule has 0 spiro atoms. The maximum absolute atomic E-state index is 12.8. The van der Waals surface area contributed by atoms with E-state index in [4.69, 9.17) is 0 Å². The van der Waals surface area contributed by atoms with Gasteiger partial charge in [-0.2, -0.15) is 18.3 Å². The van der Waals surface area contributed by atoms with E-state index in [-0.39, 0.29) is 11.5 Å².